The number of carbonyl (C=O) groups is 1. The number of hydrogen-bond acceptors (Lipinski definition) is 4. The summed E-state index contributed by atoms with van der Waals surface area (Å²) in [5.74, 6) is 1.41. The Morgan fingerprint density at radius 2 is 2.13 bits per heavy atom. The molecule has 82 valence electrons. The third kappa shape index (κ3) is 3.53. The van der Waals surface area contributed by atoms with Gasteiger partial charge in [-0.05, 0) is 6.92 Å². The highest BCUT2D eigenvalue weighted by atomic mass is 16.1. The lowest BCUT2D eigenvalue weighted by Crippen LogP contribution is -2.22. The van der Waals surface area contributed by atoms with Gasteiger partial charge in [0.25, 0.3) is 0 Å². The van der Waals surface area contributed by atoms with Crippen molar-refractivity contribution in [3.63, 3.8) is 0 Å². The second-order valence-electron chi connectivity index (χ2n) is 3.59. The molecule has 0 aromatic carbocycles. The van der Waals surface area contributed by atoms with Gasteiger partial charge in [-0.25, -0.2) is 9.97 Å². The summed E-state index contributed by atoms with van der Waals surface area (Å²) in [6, 6.07) is 1.90. The second-order valence-corrected chi connectivity index (χ2v) is 3.59. The maximum absolute atomic E-state index is 10.7. The van der Waals surface area contributed by atoms with E-state index in [0.717, 1.165) is 11.5 Å². The van der Waals surface area contributed by atoms with Crippen LogP contribution < -0.4 is 10.2 Å². The SMILES string of the molecule is CC(=O)NCc1nc(C)cc(N(C)C)n1. The fourth-order valence-corrected chi connectivity index (χ4v) is 1.12. The molecule has 0 bridgehead atoms. The van der Waals surface area contributed by atoms with Gasteiger partial charge in [-0.2, -0.15) is 0 Å². The van der Waals surface area contributed by atoms with Gasteiger partial charge in [0, 0.05) is 32.8 Å². The zero-order valence-corrected chi connectivity index (χ0v) is 9.53. The predicted octanol–water partition coefficient (Wildman–Crippen LogP) is 0.487. The molecular formula is C10H16N4O. The topological polar surface area (TPSA) is 58.1 Å². The van der Waals surface area contributed by atoms with Gasteiger partial charge in [-0.1, -0.05) is 0 Å². The minimum Gasteiger partial charge on any atom is -0.363 e. The lowest BCUT2D eigenvalue weighted by atomic mass is 10.4. The summed E-state index contributed by atoms with van der Waals surface area (Å²) in [6.07, 6.45) is 0. The monoisotopic (exact) mass is 208 g/mol. The molecule has 0 fully saturated rings. The standard InChI is InChI=1S/C10H16N4O/c1-7-5-10(14(3)4)13-9(12-7)6-11-8(2)15/h5H,6H2,1-4H3,(H,11,15). The Bertz CT molecular complexity index is 362. The molecule has 0 spiro atoms. The number of aryl methyl sites for hydroxylation is 1. The van der Waals surface area contributed by atoms with Gasteiger partial charge in [-0.3, -0.25) is 4.79 Å². The van der Waals surface area contributed by atoms with E-state index in [4.69, 9.17) is 0 Å². The zero-order chi connectivity index (χ0) is 11.4. The largest absolute Gasteiger partial charge is 0.363 e. The van der Waals surface area contributed by atoms with E-state index in [9.17, 15) is 4.79 Å². The first-order valence-electron chi connectivity index (χ1n) is 4.75. The molecule has 0 unspecified atom stereocenters. The Labute approximate surface area is 89.5 Å². The Kier molecular flexibility index (Phi) is 3.60. The molecule has 5 nitrogen and oxygen atoms in total. The van der Waals surface area contributed by atoms with Crippen LogP contribution in [0, 0.1) is 6.92 Å². The lowest BCUT2D eigenvalue weighted by molar-refractivity contribution is -0.119. The van der Waals surface area contributed by atoms with Gasteiger partial charge in [0.05, 0.1) is 6.54 Å². The van der Waals surface area contributed by atoms with Crippen LogP contribution in [0.3, 0.4) is 0 Å². The summed E-state index contributed by atoms with van der Waals surface area (Å²) in [4.78, 5) is 21.2. The number of rotatable bonds is 3. The zero-order valence-electron chi connectivity index (χ0n) is 9.53. The maximum atomic E-state index is 10.7. The van der Waals surface area contributed by atoms with Crippen molar-refractivity contribution in [2.24, 2.45) is 0 Å². The van der Waals surface area contributed by atoms with Crippen molar-refractivity contribution >= 4 is 11.7 Å². The van der Waals surface area contributed by atoms with Crippen molar-refractivity contribution in [3.05, 3.63) is 17.6 Å². The smallest absolute Gasteiger partial charge is 0.217 e. The van der Waals surface area contributed by atoms with Crippen LogP contribution in [-0.2, 0) is 11.3 Å². The molecule has 0 aliphatic carbocycles. The van der Waals surface area contributed by atoms with Crippen molar-refractivity contribution in [1.82, 2.24) is 15.3 Å². The average Bonchev–Trinajstić information content (AvgIpc) is 2.13. The van der Waals surface area contributed by atoms with Gasteiger partial charge in [-0.15, -0.1) is 0 Å². The molecule has 5 heteroatoms. The minimum absolute atomic E-state index is 0.0773. The minimum atomic E-state index is -0.0773. The average molecular weight is 208 g/mol. The van der Waals surface area contributed by atoms with Crippen LogP contribution in [0.5, 0.6) is 0 Å². The van der Waals surface area contributed by atoms with Gasteiger partial charge >= 0.3 is 0 Å². The number of aromatic nitrogens is 2. The van der Waals surface area contributed by atoms with E-state index in [1.54, 1.807) is 0 Å². The van der Waals surface area contributed by atoms with Crippen LogP contribution in [-0.4, -0.2) is 30.0 Å². The highest BCUT2D eigenvalue weighted by Crippen LogP contribution is 2.08. The van der Waals surface area contributed by atoms with E-state index in [2.05, 4.69) is 15.3 Å². The molecule has 15 heavy (non-hydrogen) atoms. The summed E-state index contributed by atoms with van der Waals surface area (Å²) < 4.78 is 0. The number of hydrogen-bond donors (Lipinski definition) is 1. The second kappa shape index (κ2) is 4.72. The number of nitrogens with one attached hydrogen (secondary N) is 1. The number of nitrogens with zero attached hydrogens (tertiary/aromatic N) is 3. The fraction of sp³-hybridized carbons (Fsp3) is 0.500. The first kappa shape index (κ1) is 11.4. The molecule has 1 rings (SSSR count). The summed E-state index contributed by atoms with van der Waals surface area (Å²) >= 11 is 0. The molecular weight excluding hydrogens is 192 g/mol. The van der Waals surface area contributed by atoms with E-state index in [1.807, 2.05) is 32.0 Å². The van der Waals surface area contributed by atoms with E-state index in [1.165, 1.54) is 6.92 Å². The summed E-state index contributed by atoms with van der Waals surface area (Å²) in [5.41, 5.74) is 0.897. The molecule has 1 N–H and O–H groups in total. The molecule has 0 aliphatic heterocycles. The number of anilines is 1. The van der Waals surface area contributed by atoms with Crippen LogP contribution in [0.25, 0.3) is 0 Å². The Hall–Kier alpha value is -1.65. The van der Waals surface area contributed by atoms with Gasteiger partial charge in [0.2, 0.25) is 5.91 Å². The number of carbonyl (C=O) groups excluding carboxylic acids is 1. The maximum Gasteiger partial charge on any atom is 0.217 e. The highest BCUT2D eigenvalue weighted by Gasteiger charge is 2.04. The summed E-state index contributed by atoms with van der Waals surface area (Å²) in [6.45, 7) is 3.76. The predicted molar refractivity (Wildman–Crippen MR) is 58.6 cm³/mol. The summed E-state index contributed by atoms with van der Waals surface area (Å²) in [7, 11) is 3.84. The van der Waals surface area contributed by atoms with E-state index >= 15 is 0 Å². The van der Waals surface area contributed by atoms with Crippen LogP contribution in [0.2, 0.25) is 0 Å². The molecule has 1 heterocycles. The Morgan fingerprint density at radius 3 is 2.67 bits per heavy atom. The van der Waals surface area contributed by atoms with Crippen molar-refractivity contribution in [2.75, 3.05) is 19.0 Å². The first-order valence-corrected chi connectivity index (χ1v) is 4.75. The number of amides is 1. The fourth-order valence-electron chi connectivity index (χ4n) is 1.12. The van der Waals surface area contributed by atoms with E-state index in [0.29, 0.717) is 12.4 Å². The molecule has 0 radical (unpaired) electrons. The van der Waals surface area contributed by atoms with Crippen LogP contribution in [0.1, 0.15) is 18.4 Å². The van der Waals surface area contributed by atoms with Crippen molar-refractivity contribution in [2.45, 2.75) is 20.4 Å². The third-order valence-corrected chi connectivity index (χ3v) is 1.84. The Balaban J connectivity index is 2.84. The lowest BCUT2D eigenvalue weighted by Gasteiger charge is -2.13. The molecule has 1 amide bonds. The van der Waals surface area contributed by atoms with Crippen LogP contribution in [0.4, 0.5) is 5.82 Å². The van der Waals surface area contributed by atoms with Gasteiger partial charge < -0.3 is 10.2 Å². The normalized spacial score (nSPS) is 9.87. The van der Waals surface area contributed by atoms with E-state index in [-0.39, 0.29) is 5.91 Å². The van der Waals surface area contributed by atoms with Gasteiger partial charge in [0.1, 0.15) is 11.6 Å². The van der Waals surface area contributed by atoms with Crippen molar-refractivity contribution < 1.29 is 4.79 Å². The highest BCUT2D eigenvalue weighted by molar-refractivity contribution is 5.72. The quantitative estimate of drug-likeness (QED) is 0.785. The van der Waals surface area contributed by atoms with Crippen LogP contribution >= 0.6 is 0 Å². The Morgan fingerprint density at radius 1 is 1.47 bits per heavy atom. The molecule has 0 atom stereocenters. The molecule has 0 aliphatic rings. The van der Waals surface area contributed by atoms with Crippen LogP contribution in [0.15, 0.2) is 6.07 Å². The first-order chi connectivity index (χ1) is 6.99. The van der Waals surface area contributed by atoms with Crippen molar-refractivity contribution in [3.8, 4) is 0 Å². The van der Waals surface area contributed by atoms with Crippen molar-refractivity contribution in [1.29, 1.82) is 0 Å². The summed E-state index contributed by atoms with van der Waals surface area (Å²) in [5, 5.41) is 2.67. The molecule has 1 aromatic rings. The van der Waals surface area contributed by atoms with E-state index < -0.39 is 0 Å². The van der Waals surface area contributed by atoms with Gasteiger partial charge in [0.15, 0.2) is 0 Å². The molecule has 0 saturated heterocycles. The molecule has 0 saturated carbocycles. The molecule has 1 aromatic heterocycles. The third-order valence-electron chi connectivity index (χ3n) is 1.84.